The van der Waals surface area contributed by atoms with Crippen LogP contribution in [0.4, 0.5) is 0 Å². The highest BCUT2D eigenvalue weighted by Crippen LogP contribution is 2.20. The summed E-state index contributed by atoms with van der Waals surface area (Å²) in [5.41, 5.74) is 1.73. The molecule has 0 saturated carbocycles. The van der Waals surface area contributed by atoms with Gasteiger partial charge < -0.3 is 15.2 Å². The lowest BCUT2D eigenvalue weighted by molar-refractivity contribution is -0.148. The fraction of sp³-hybridized carbons (Fsp3) is 0.467. The maximum absolute atomic E-state index is 12.4. The molecular formula is C15H20N4O4. The van der Waals surface area contributed by atoms with E-state index in [0.717, 1.165) is 0 Å². The number of pyridine rings is 1. The molecule has 23 heavy (non-hydrogen) atoms. The van der Waals surface area contributed by atoms with Gasteiger partial charge in [-0.15, -0.1) is 0 Å². The van der Waals surface area contributed by atoms with Crippen LogP contribution in [0.25, 0.3) is 11.0 Å². The zero-order valence-electron chi connectivity index (χ0n) is 13.5. The van der Waals surface area contributed by atoms with E-state index in [9.17, 15) is 9.59 Å². The topological polar surface area (TPSA) is 106 Å². The second kappa shape index (κ2) is 6.74. The van der Waals surface area contributed by atoms with Crippen molar-refractivity contribution in [3.05, 3.63) is 23.5 Å². The van der Waals surface area contributed by atoms with Gasteiger partial charge in [-0.2, -0.15) is 5.10 Å². The van der Waals surface area contributed by atoms with Crippen molar-refractivity contribution in [3.8, 4) is 0 Å². The number of hydrogen-bond donors (Lipinski definition) is 2. The first kappa shape index (κ1) is 16.9. The lowest BCUT2D eigenvalue weighted by Gasteiger charge is -2.12. The first-order valence-corrected chi connectivity index (χ1v) is 7.23. The van der Waals surface area contributed by atoms with Gasteiger partial charge in [-0.1, -0.05) is 0 Å². The van der Waals surface area contributed by atoms with E-state index in [1.165, 1.54) is 7.11 Å². The maximum Gasteiger partial charge on any atom is 0.334 e. The highest BCUT2D eigenvalue weighted by atomic mass is 16.5. The minimum absolute atomic E-state index is 0.114. The van der Waals surface area contributed by atoms with E-state index in [-0.39, 0.29) is 18.5 Å². The molecule has 0 aliphatic carbocycles. The summed E-state index contributed by atoms with van der Waals surface area (Å²) in [6.45, 7) is 5.63. The number of nitrogens with zero attached hydrogens (tertiary/aromatic N) is 3. The van der Waals surface area contributed by atoms with Crippen LogP contribution in [-0.2, 0) is 9.53 Å². The van der Waals surface area contributed by atoms with Crippen molar-refractivity contribution in [2.75, 3.05) is 13.7 Å². The summed E-state index contributed by atoms with van der Waals surface area (Å²) >= 11 is 0. The molecule has 8 heteroatoms. The molecule has 1 amide bonds. The molecule has 0 aliphatic heterocycles. The van der Waals surface area contributed by atoms with Gasteiger partial charge in [-0.05, 0) is 26.8 Å². The molecule has 2 heterocycles. The smallest absolute Gasteiger partial charge is 0.334 e. The van der Waals surface area contributed by atoms with Gasteiger partial charge in [-0.25, -0.2) is 14.5 Å². The van der Waals surface area contributed by atoms with Crippen LogP contribution in [-0.4, -0.2) is 51.5 Å². The molecule has 0 radical (unpaired) electrons. The van der Waals surface area contributed by atoms with E-state index in [4.69, 9.17) is 9.84 Å². The Balaban J connectivity index is 2.32. The second-order valence-electron chi connectivity index (χ2n) is 5.50. The van der Waals surface area contributed by atoms with Gasteiger partial charge in [0, 0.05) is 18.8 Å². The highest BCUT2D eigenvalue weighted by molar-refractivity contribution is 6.05. The van der Waals surface area contributed by atoms with Crippen LogP contribution in [0.2, 0.25) is 0 Å². The predicted molar refractivity (Wildman–Crippen MR) is 83.4 cm³/mol. The molecule has 1 unspecified atom stereocenters. The molecule has 0 spiro atoms. The van der Waals surface area contributed by atoms with E-state index in [2.05, 4.69) is 15.4 Å². The van der Waals surface area contributed by atoms with Crippen molar-refractivity contribution in [1.82, 2.24) is 20.1 Å². The van der Waals surface area contributed by atoms with Crippen LogP contribution in [0.15, 0.2) is 12.3 Å². The van der Waals surface area contributed by atoms with Crippen LogP contribution in [0.1, 0.15) is 35.9 Å². The molecule has 124 valence electrons. The zero-order valence-corrected chi connectivity index (χ0v) is 13.5. The molecular weight excluding hydrogens is 300 g/mol. The molecule has 2 rings (SSSR count). The summed E-state index contributed by atoms with van der Waals surface area (Å²) in [7, 11) is 1.28. The third-order valence-electron chi connectivity index (χ3n) is 3.44. The normalized spacial score (nSPS) is 12.6. The molecule has 1 atom stereocenters. The van der Waals surface area contributed by atoms with Crippen molar-refractivity contribution >= 4 is 22.9 Å². The Bertz CT molecular complexity index is 738. The van der Waals surface area contributed by atoms with E-state index < -0.39 is 12.1 Å². The van der Waals surface area contributed by atoms with Gasteiger partial charge >= 0.3 is 5.97 Å². The Morgan fingerprint density at radius 1 is 1.43 bits per heavy atom. The van der Waals surface area contributed by atoms with Gasteiger partial charge in [0.15, 0.2) is 11.8 Å². The third kappa shape index (κ3) is 3.48. The summed E-state index contributed by atoms with van der Waals surface area (Å²) in [4.78, 5) is 27.8. The second-order valence-corrected chi connectivity index (χ2v) is 5.50. The van der Waals surface area contributed by atoms with Gasteiger partial charge in [0.1, 0.15) is 0 Å². The molecule has 0 aliphatic rings. The quantitative estimate of drug-likeness (QED) is 0.827. The van der Waals surface area contributed by atoms with Gasteiger partial charge in [-0.3, -0.25) is 4.79 Å². The van der Waals surface area contributed by atoms with Crippen molar-refractivity contribution in [1.29, 1.82) is 0 Å². The average molecular weight is 320 g/mol. The molecule has 0 bridgehead atoms. The Morgan fingerprint density at radius 3 is 2.70 bits per heavy atom. The van der Waals surface area contributed by atoms with Crippen molar-refractivity contribution < 1.29 is 19.4 Å². The number of hydrogen-bond acceptors (Lipinski definition) is 5. The largest absolute Gasteiger partial charge is 0.479 e. The number of carboxylic acid groups (broad SMARTS) is 1. The van der Waals surface area contributed by atoms with Crippen molar-refractivity contribution in [2.45, 2.75) is 32.9 Å². The number of carbonyl (C=O) groups excluding carboxylic acids is 1. The molecule has 2 aromatic rings. The van der Waals surface area contributed by atoms with Crippen LogP contribution >= 0.6 is 0 Å². The fourth-order valence-corrected chi connectivity index (χ4v) is 2.26. The number of ether oxygens (including phenoxy) is 1. The number of aryl methyl sites for hydroxylation is 1. The summed E-state index contributed by atoms with van der Waals surface area (Å²) in [6, 6.07) is 1.77. The van der Waals surface area contributed by atoms with Crippen LogP contribution < -0.4 is 5.32 Å². The highest BCUT2D eigenvalue weighted by Gasteiger charge is 2.20. The summed E-state index contributed by atoms with van der Waals surface area (Å²) in [5, 5.41) is 16.4. The predicted octanol–water partition coefficient (Wildman–Crippen LogP) is 1.15. The minimum Gasteiger partial charge on any atom is -0.479 e. The Hall–Kier alpha value is -2.48. The number of nitrogens with one attached hydrogen (secondary N) is 1. The minimum atomic E-state index is -1.13. The first-order valence-electron chi connectivity index (χ1n) is 7.23. The molecule has 2 aromatic heterocycles. The van der Waals surface area contributed by atoms with E-state index in [1.54, 1.807) is 23.9 Å². The first-order chi connectivity index (χ1) is 10.8. The van der Waals surface area contributed by atoms with E-state index in [1.807, 2.05) is 13.8 Å². The van der Waals surface area contributed by atoms with Gasteiger partial charge in [0.2, 0.25) is 0 Å². The Kier molecular flexibility index (Phi) is 4.95. The lowest BCUT2D eigenvalue weighted by Crippen LogP contribution is -2.37. The number of carboxylic acids is 1. The zero-order chi connectivity index (χ0) is 17.1. The molecule has 2 N–H and O–H groups in total. The number of carbonyl (C=O) groups is 2. The van der Waals surface area contributed by atoms with Crippen LogP contribution in [0.5, 0.6) is 0 Å². The number of methoxy groups -OCH3 is 1. The summed E-state index contributed by atoms with van der Waals surface area (Å²) in [5.74, 6) is -1.51. The molecule has 0 saturated heterocycles. The standard InChI is InChI=1S/C15H20N4O4/c1-8(2)19-13-11(6-17-19)10(5-9(3)18-13)14(20)16-7-12(23-4)15(21)22/h5-6,8,12H,7H2,1-4H3,(H,16,20)(H,21,22). The Labute approximate surface area is 133 Å². The van der Waals surface area contributed by atoms with Crippen molar-refractivity contribution in [3.63, 3.8) is 0 Å². The number of amides is 1. The fourth-order valence-electron chi connectivity index (χ4n) is 2.26. The lowest BCUT2D eigenvalue weighted by atomic mass is 10.1. The number of aliphatic carboxylic acids is 1. The number of fused-ring (bicyclic) bond motifs is 1. The molecule has 0 aromatic carbocycles. The number of rotatable bonds is 6. The Morgan fingerprint density at radius 2 is 2.13 bits per heavy atom. The maximum atomic E-state index is 12.4. The number of aromatic nitrogens is 3. The van der Waals surface area contributed by atoms with Gasteiger partial charge in [0.25, 0.3) is 5.91 Å². The summed E-state index contributed by atoms with van der Waals surface area (Å²) in [6.07, 6.45) is 0.512. The molecule has 8 nitrogen and oxygen atoms in total. The van der Waals surface area contributed by atoms with E-state index >= 15 is 0 Å². The van der Waals surface area contributed by atoms with E-state index in [0.29, 0.717) is 22.3 Å². The average Bonchev–Trinajstić information content (AvgIpc) is 2.90. The summed E-state index contributed by atoms with van der Waals surface area (Å²) < 4.78 is 6.55. The molecule has 0 fully saturated rings. The monoisotopic (exact) mass is 320 g/mol. The third-order valence-corrected chi connectivity index (χ3v) is 3.44. The van der Waals surface area contributed by atoms with Crippen LogP contribution in [0.3, 0.4) is 0 Å². The van der Waals surface area contributed by atoms with Crippen molar-refractivity contribution in [2.24, 2.45) is 0 Å². The SMILES string of the molecule is COC(CNC(=O)c1cc(C)nc2c1cnn2C(C)C)C(=O)O. The van der Waals surface area contributed by atoms with Crippen LogP contribution in [0, 0.1) is 6.92 Å². The van der Waals surface area contributed by atoms with Gasteiger partial charge in [0.05, 0.1) is 23.7 Å².